The van der Waals surface area contributed by atoms with Gasteiger partial charge in [0, 0.05) is 22.7 Å². The molecule has 2 aliphatic rings. The molecule has 0 aromatic carbocycles. The van der Waals surface area contributed by atoms with E-state index in [1.165, 1.54) is 18.6 Å². The van der Waals surface area contributed by atoms with Crippen molar-refractivity contribution in [3.05, 3.63) is 41.1 Å². The van der Waals surface area contributed by atoms with E-state index in [2.05, 4.69) is 4.98 Å². The molecule has 0 spiro atoms. The summed E-state index contributed by atoms with van der Waals surface area (Å²) in [5, 5.41) is 11.0. The lowest BCUT2D eigenvalue weighted by Gasteiger charge is -2.13. The molecule has 0 bridgehead atoms. The van der Waals surface area contributed by atoms with Crippen molar-refractivity contribution in [2.45, 2.75) is 0 Å². The van der Waals surface area contributed by atoms with Crippen LogP contribution in [-0.2, 0) is 0 Å². The average Bonchev–Trinajstić information content (AvgIpc) is 2.07. The van der Waals surface area contributed by atoms with Gasteiger partial charge in [0.25, 0.3) is 6.20 Å². The monoisotopic (exact) mass is 163 g/mol. The van der Waals surface area contributed by atoms with Crippen LogP contribution in [0.15, 0.2) is 31.0 Å². The van der Waals surface area contributed by atoms with Gasteiger partial charge in [-0.3, -0.25) is 0 Å². The van der Waals surface area contributed by atoms with Crippen LogP contribution in [0.3, 0.4) is 0 Å². The molecule has 0 aromatic heterocycles. The first-order valence-corrected chi connectivity index (χ1v) is 3.33. The van der Waals surface area contributed by atoms with E-state index in [9.17, 15) is 10.1 Å². The maximum Gasteiger partial charge on any atom is 0.251 e. The van der Waals surface area contributed by atoms with Gasteiger partial charge >= 0.3 is 0 Å². The lowest BCUT2D eigenvalue weighted by atomic mass is 10.2. The Morgan fingerprint density at radius 1 is 1.58 bits per heavy atom. The fourth-order valence-electron chi connectivity index (χ4n) is 1.01. The molecule has 2 aliphatic heterocycles. The Kier molecular flexibility index (Phi) is 1.30. The predicted molar refractivity (Wildman–Crippen MR) is 41.0 cm³/mol. The first-order valence-electron chi connectivity index (χ1n) is 3.33. The SMILES string of the molecule is O=[n+]1ccc2cncn([O-])c-2c1. The van der Waals surface area contributed by atoms with E-state index in [0.717, 1.165) is 6.33 Å². The van der Waals surface area contributed by atoms with Crippen LogP contribution in [0.1, 0.15) is 0 Å². The molecule has 12 heavy (non-hydrogen) atoms. The van der Waals surface area contributed by atoms with Crippen LogP contribution in [0.2, 0.25) is 0 Å². The quantitative estimate of drug-likeness (QED) is 0.523. The molecule has 0 fully saturated rings. The minimum Gasteiger partial charge on any atom is -0.804 e. The Morgan fingerprint density at radius 2 is 2.42 bits per heavy atom. The van der Waals surface area contributed by atoms with E-state index in [1.807, 2.05) is 0 Å². The molecular weight excluding hydrogens is 158 g/mol. The number of hydrogen-bond acceptors (Lipinski definition) is 3. The van der Waals surface area contributed by atoms with Crippen LogP contribution in [0.25, 0.3) is 11.3 Å². The van der Waals surface area contributed by atoms with Crippen molar-refractivity contribution in [2.24, 2.45) is 0 Å². The zero-order chi connectivity index (χ0) is 8.55. The summed E-state index contributed by atoms with van der Waals surface area (Å²) in [5.41, 5.74) is 0.974. The van der Waals surface area contributed by atoms with Gasteiger partial charge in [0.15, 0.2) is 0 Å². The zero-order valence-electron chi connectivity index (χ0n) is 6.04. The smallest absolute Gasteiger partial charge is 0.251 e. The van der Waals surface area contributed by atoms with Gasteiger partial charge in [-0.15, -0.1) is 0 Å². The molecule has 60 valence electrons. The second-order valence-electron chi connectivity index (χ2n) is 2.36. The van der Waals surface area contributed by atoms with Crippen LogP contribution in [0.5, 0.6) is 0 Å². The minimum absolute atomic E-state index is 0.322. The van der Waals surface area contributed by atoms with Crippen molar-refractivity contribution in [1.29, 1.82) is 0 Å². The molecule has 0 saturated carbocycles. The summed E-state index contributed by atoms with van der Waals surface area (Å²) >= 11 is 0. The molecule has 0 radical (unpaired) electrons. The highest BCUT2D eigenvalue weighted by Gasteiger charge is 2.06. The third-order valence-corrected chi connectivity index (χ3v) is 1.57. The fourth-order valence-corrected chi connectivity index (χ4v) is 1.01. The summed E-state index contributed by atoms with van der Waals surface area (Å²) in [5.74, 6) is 0. The van der Waals surface area contributed by atoms with Gasteiger partial charge in [-0.25, -0.2) is 4.98 Å². The molecule has 0 unspecified atom stereocenters. The lowest BCUT2D eigenvalue weighted by Crippen LogP contribution is -2.14. The van der Waals surface area contributed by atoms with Crippen molar-refractivity contribution < 1.29 is 4.43 Å². The Labute approximate surface area is 67.4 Å². The lowest BCUT2D eigenvalue weighted by molar-refractivity contribution is -0.494. The first-order chi connectivity index (χ1) is 5.77. The standard InChI is InChI=1S/C7H5N3O2/c11-9-2-1-6-3-8-5-10(12)7(6)4-9/h1-5H. The van der Waals surface area contributed by atoms with Gasteiger partial charge in [-0.1, -0.05) is 0 Å². The summed E-state index contributed by atoms with van der Waals surface area (Å²) in [6.45, 7) is 0. The maximum atomic E-state index is 11.0. The van der Waals surface area contributed by atoms with E-state index >= 15 is 0 Å². The van der Waals surface area contributed by atoms with E-state index < -0.39 is 0 Å². The molecule has 5 heteroatoms. The Morgan fingerprint density at radius 3 is 3.25 bits per heavy atom. The fraction of sp³-hybridized carbons (Fsp3) is 0. The summed E-state index contributed by atoms with van der Waals surface area (Å²) in [7, 11) is 0. The normalized spacial score (nSPS) is 10.3. The van der Waals surface area contributed by atoms with E-state index in [0.29, 0.717) is 20.4 Å². The molecule has 0 atom stereocenters. The number of rotatable bonds is 0. The maximum absolute atomic E-state index is 11.0. The Bertz CT molecular complexity index is 437. The van der Waals surface area contributed by atoms with Gasteiger partial charge in [0.2, 0.25) is 6.20 Å². The molecule has 0 aromatic rings. The number of pyridine rings is 1. The summed E-state index contributed by atoms with van der Waals surface area (Å²) in [4.78, 5) is 14.5. The molecular formula is C7H5N3O2. The van der Waals surface area contributed by atoms with Crippen molar-refractivity contribution in [3.63, 3.8) is 0 Å². The van der Waals surface area contributed by atoms with E-state index in [1.54, 1.807) is 6.07 Å². The predicted octanol–water partition coefficient (Wildman–Crippen LogP) is 0.248. The number of hydrogen-bond donors (Lipinski definition) is 0. The van der Waals surface area contributed by atoms with Gasteiger partial charge in [0.05, 0.1) is 10.8 Å². The molecule has 2 rings (SSSR count). The highest BCUT2D eigenvalue weighted by molar-refractivity contribution is 5.56. The van der Waals surface area contributed by atoms with Crippen LogP contribution in [0.4, 0.5) is 0 Å². The number of fused-ring (bicyclic) bond motifs is 1. The van der Waals surface area contributed by atoms with Crippen molar-refractivity contribution in [3.8, 4) is 11.3 Å². The van der Waals surface area contributed by atoms with Crippen molar-refractivity contribution in [2.75, 3.05) is 0 Å². The molecule has 0 amide bonds. The third-order valence-electron chi connectivity index (χ3n) is 1.57. The molecule has 0 N–H and O–H groups in total. The van der Waals surface area contributed by atoms with E-state index in [-0.39, 0.29) is 0 Å². The van der Waals surface area contributed by atoms with Crippen molar-refractivity contribution >= 4 is 0 Å². The summed E-state index contributed by atoms with van der Waals surface area (Å²) in [6, 6.07) is 1.55. The summed E-state index contributed by atoms with van der Waals surface area (Å²) in [6.07, 6.45) is 5.18. The summed E-state index contributed by atoms with van der Waals surface area (Å²) < 4.78 is 1.14. The Hall–Kier alpha value is -1.91. The van der Waals surface area contributed by atoms with Gasteiger partial charge < -0.3 is 9.94 Å². The zero-order valence-corrected chi connectivity index (χ0v) is 6.04. The average molecular weight is 163 g/mol. The largest absolute Gasteiger partial charge is 0.804 e. The van der Waals surface area contributed by atoms with Gasteiger partial charge in [0.1, 0.15) is 5.69 Å². The second kappa shape index (κ2) is 2.30. The molecule has 5 nitrogen and oxygen atoms in total. The minimum atomic E-state index is 0.322. The first kappa shape index (κ1) is 6.78. The number of aromatic nitrogens is 3. The van der Waals surface area contributed by atoms with E-state index in [4.69, 9.17) is 0 Å². The molecule has 0 aliphatic carbocycles. The Balaban J connectivity index is 2.87. The second-order valence-corrected chi connectivity index (χ2v) is 2.36. The molecule has 0 saturated heterocycles. The van der Waals surface area contributed by atoms with Crippen molar-refractivity contribution in [1.82, 2.24) is 9.71 Å². The highest BCUT2D eigenvalue weighted by atomic mass is 16.5. The van der Waals surface area contributed by atoms with Gasteiger partial charge in [-0.05, 0) is 0 Å². The topological polar surface area (TPSA) is 63.8 Å². The molecule has 2 heterocycles. The van der Waals surface area contributed by atoms with Crippen LogP contribution >= 0.6 is 0 Å². The third kappa shape index (κ3) is 0.914. The van der Waals surface area contributed by atoms with Crippen LogP contribution < -0.4 is 4.43 Å². The van der Waals surface area contributed by atoms with Crippen LogP contribution in [0, 0.1) is 10.1 Å². The van der Waals surface area contributed by atoms with Gasteiger partial charge in [-0.2, -0.15) is 0 Å². The van der Waals surface area contributed by atoms with Crippen LogP contribution in [-0.4, -0.2) is 9.71 Å². The number of nitrogens with zero attached hydrogens (tertiary/aromatic N) is 3. The highest BCUT2D eigenvalue weighted by Crippen LogP contribution is 2.15.